The molecular weight excluding hydrogens is 330 g/mol. The third kappa shape index (κ3) is 4.44. The number of carbonyl (C=O) groups is 1. The van der Waals surface area contributed by atoms with Gasteiger partial charge in [-0.2, -0.15) is 0 Å². The predicted octanol–water partition coefficient (Wildman–Crippen LogP) is 1.82. The Hall–Kier alpha value is -2.16. The lowest BCUT2D eigenvalue weighted by Gasteiger charge is -2.14. The lowest BCUT2D eigenvalue weighted by Crippen LogP contribution is -2.30. The molecule has 1 amide bonds. The minimum absolute atomic E-state index is 0.0759. The van der Waals surface area contributed by atoms with E-state index in [2.05, 4.69) is 10.6 Å². The zero-order valence-corrected chi connectivity index (χ0v) is 14.6. The molecule has 0 spiro atoms. The number of anilines is 1. The molecule has 0 aliphatic carbocycles. The number of rotatable bonds is 7. The van der Waals surface area contributed by atoms with E-state index < -0.39 is 10.0 Å². The Morgan fingerprint density at radius 1 is 1.25 bits per heavy atom. The second-order valence-electron chi connectivity index (χ2n) is 5.48. The van der Waals surface area contributed by atoms with Gasteiger partial charge in [-0.05, 0) is 37.3 Å². The van der Waals surface area contributed by atoms with Gasteiger partial charge in [0.05, 0.1) is 23.7 Å². The predicted molar refractivity (Wildman–Crippen MR) is 91.1 cm³/mol. The molecule has 0 radical (unpaired) electrons. The molecule has 0 bridgehead atoms. The number of benzene rings is 1. The number of amides is 1. The molecule has 7 nitrogen and oxygen atoms in total. The molecule has 130 valence electrons. The molecule has 0 aliphatic rings. The summed E-state index contributed by atoms with van der Waals surface area (Å²) >= 11 is 0. The molecule has 0 saturated carbocycles. The van der Waals surface area contributed by atoms with Crippen LogP contribution in [0.2, 0.25) is 0 Å². The second kappa shape index (κ2) is 7.61. The van der Waals surface area contributed by atoms with Crippen LogP contribution in [-0.4, -0.2) is 39.3 Å². The first-order chi connectivity index (χ1) is 11.3. The van der Waals surface area contributed by atoms with Gasteiger partial charge in [0.15, 0.2) is 0 Å². The summed E-state index contributed by atoms with van der Waals surface area (Å²) in [6.45, 7) is 1.96. The Labute approximate surface area is 141 Å². The average Bonchev–Trinajstić information content (AvgIpc) is 3.07. The van der Waals surface area contributed by atoms with E-state index >= 15 is 0 Å². The summed E-state index contributed by atoms with van der Waals surface area (Å²) in [6.07, 6.45) is 1.57. The Bertz CT molecular complexity index is 785. The van der Waals surface area contributed by atoms with Crippen LogP contribution in [0, 0.1) is 0 Å². The first-order valence-corrected chi connectivity index (χ1v) is 8.84. The maximum absolute atomic E-state index is 12.1. The summed E-state index contributed by atoms with van der Waals surface area (Å²) in [7, 11) is -0.619. The third-order valence-corrected chi connectivity index (χ3v) is 5.25. The molecule has 0 aliphatic heterocycles. The highest BCUT2D eigenvalue weighted by molar-refractivity contribution is 7.89. The van der Waals surface area contributed by atoms with Gasteiger partial charge in [0.1, 0.15) is 5.76 Å². The van der Waals surface area contributed by atoms with Crippen LogP contribution < -0.4 is 10.6 Å². The number of hydrogen-bond acceptors (Lipinski definition) is 5. The molecule has 8 heteroatoms. The minimum atomic E-state index is -3.54. The highest BCUT2D eigenvalue weighted by Crippen LogP contribution is 2.18. The summed E-state index contributed by atoms with van der Waals surface area (Å²) in [5, 5.41) is 5.71. The van der Waals surface area contributed by atoms with Gasteiger partial charge in [0, 0.05) is 19.8 Å². The van der Waals surface area contributed by atoms with Gasteiger partial charge in [0.25, 0.3) is 0 Å². The van der Waals surface area contributed by atoms with Crippen molar-refractivity contribution in [1.29, 1.82) is 0 Å². The molecule has 0 saturated heterocycles. The number of furan rings is 1. The molecule has 2 N–H and O–H groups in total. The smallest absolute Gasteiger partial charge is 0.242 e. The van der Waals surface area contributed by atoms with Crippen molar-refractivity contribution in [3.63, 3.8) is 0 Å². The lowest BCUT2D eigenvalue weighted by atomic mass is 10.2. The van der Waals surface area contributed by atoms with Crippen molar-refractivity contribution in [3.05, 3.63) is 48.4 Å². The summed E-state index contributed by atoms with van der Waals surface area (Å²) in [5.74, 6) is 0.467. The maximum Gasteiger partial charge on any atom is 0.242 e. The normalized spacial score (nSPS) is 13.0. The van der Waals surface area contributed by atoms with E-state index in [0.29, 0.717) is 5.69 Å². The summed E-state index contributed by atoms with van der Waals surface area (Å²) < 4.78 is 30.6. The number of sulfonamides is 1. The first kappa shape index (κ1) is 18.2. The molecule has 0 fully saturated rings. The van der Waals surface area contributed by atoms with Crippen LogP contribution >= 0.6 is 0 Å². The SMILES string of the molecule is C[C@H](NCC(=O)Nc1cccc(S(=O)(=O)N(C)C)c1)c1ccco1. The van der Waals surface area contributed by atoms with E-state index in [1.54, 1.807) is 24.5 Å². The van der Waals surface area contributed by atoms with Gasteiger partial charge < -0.3 is 9.73 Å². The standard InChI is InChI=1S/C16H21N3O4S/c1-12(15-8-5-9-23-15)17-11-16(20)18-13-6-4-7-14(10-13)24(21,22)19(2)3/h4-10,12,17H,11H2,1-3H3,(H,18,20)/t12-/m0/s1. The largest absolute Gasteiger partial charge is 0.468 e. The van der Waals surface area contributed by atoms with Crippen LogP contribution in [0.15, 0.2) is 52.0 Å². The van der Waals surface area contributed by atoms with Crippen molar-refractivity contribution in [2.24, 2.45) is 0 Å². The summed E-state index contributed by atoms with van der Waals surface area (Å²) in [4.78, 5) is 12.1. The van der Waals surface area contributed by atoms with E-state index in [9.17, 15) is 13.2 Å². The van der Waals surface area contributed by atoms with Crippen LogP contribution in [0.5, 0.6) is 0 Å². The fourth-order valence-electron chi connectivity index (χ4n) is 2.03. The fourth-order valence-corrected chi connectivity index (χ4v) is 2.98. The third-order valence-electron chi connectivity index (χ3n) is 3.44. The van der Waals surface area contributed by atoms with Crippen molar-refractivity contribution < 1.29 is 17.6 Å². The van der Waals surface area contributed by atoms with Gasteiger partial charge in [-0.1, -0.05) is 6.07 Å². The van der Waals surface area contributed by atoms with E-state index in [1.165, 1.54) is 26.2 Å². The van der Waals surface area contributed by atoms with E-state index in [1.807, 2.05) is 13.0 Å². The van der Waals surface area contributed by atoms with Gasteiger partial charge in [-0.3, -0.25) is 10.1 Å². The van der Waals surface area contributed by atoms with E-state index in [-0.39, 0.29) is 23.4 Å². The molecular formula is C16H21N3O4S. The highest BCUT2D eigenvalue weighted by atomic mass is 32.2. The molecule has 0 unspecified atom stereocenters. The van der Waals surface area contributed by atoms with Crippen molar-refractivity contribution in [1.82, 2.24) is 9.62 Å². The summed E-state index contributed by atoms with van der Waals surface area (Å²) in [6, 6.07) is 9.65. The topological polar surface area (TPSA) is 91.7 Å². The van der Waals surface area contributed by atoms with Crippen molar-refractivity contribution in [2.45, 2.75) is 17.9 Å². The molecule has 1 aromatic carbocycles. The van der Waals surface area contributed by atoms with Crippen LogP contribution in [0.1, 0.15) is 18.7 Å². The first-order valence-electron chi connectivity index (χ1n) is 7.40. The van der Waals surface area contributed by atoms with Crippen LogP contribution in [0.3, 0.4) is 0 Å². The van der Waals surface area contributed by atoms with Gasteiger partial charge in [-0.25, -0.2) is 12.7 Å². The maximum atomic E-state index is 12.1. The molecule has 24 heavy (non-hydrogen) atoms. The monoisotopic (exact) mass is 351 g/mol. The fraction of sp³-hybridized carbons (Fsp3) is 0.312. The molecule has 2 rings (SSSR count). The minimum Gasteiger partial charge on any atom is -0.468 e. The zero-order chi connectivity index (χ0) is 17.7. The molecule has 1 aromatic heterocycles. The molecule has 1 heterocycles. The number of hydrogen-bond donors (Lipinski definition) is 2. The average molecular weight is 351 g/mol. The zero-order valence-electron chi connectivity index (χ0n) is 13.8. The quantitative estimate of drug-likeness (QED) is 0.794. The Kier molecular flexibility index (Phi) is 5.76. The Balaban J connectivity index is 1.97. The Morgan fingerprint density at radius 2 is 2.00 bits per heavy atom. The van der Waals surface area contributed by atoms with Gasteiger partial charge in [0.2, 0.25) is 15.9 Å². The van der Waals surface area contributed by atoms with Crippen LogP contribution in [-0.2, 0) is 14.8 Å². The van der Waals surface area contributed by atoms with E-state index in [0.717, 1.165) is 10.1 Å². The number of nitrogens with one attached hydrogen (secondary N) is 2. The number of carbonyl (C=O) groups excluding carboxylic acids is 1. The van der Waals surface area contributed by atoms with Crippen LogP contribution in [0.25, 0.3) is 0 Å². The Morgan fingerprint density at radius 3 is 2.62 bits per heavy atom. The van der Waals surface area contributed by atoms with Crippen molar-refractivity contribution in [3.8, 4) is 0 Å². The van der Waals surface area contributed by atoms with Gasteiger partial charge >= 0.3 is 0 Å². The highest BCUT2D eigenvalue weighted by Gasteiger charge is 2.17. The lowest BCUT2D eigenvalue weighted by molar-refractivity contribution is -0.115. The van der Waals surface area contributed by atoms with Crippen molar-refractivity contribution >= 4 is 21.6 Å². The van der Waals surface area contributed by atoms with E-state index in [4.69, 9.17) is 4.42 Å². The molecule has 2 aromatic rings. The van der Waals surface area contributed by atoms with Gasteiger partial charge in [-0.15, -0.1) is 0 Å². The second-order valence-corrected chi connectivity index (χ2v) is 7.63. The summed E-state index contributed by atoms with van der Waals surface area (Å²) in [5.41, 5.74) is 0.426. The molecule has 1 atom stereocenters. The number of nitrogens with zero attached hydrogens (tertiary/aromatic N) is 1. The van der Waals surface area contributed by atoms with Crippen molar-refractivity contribution in [2.75, 3.05) is 26.0 Å². The van der Waals surface area contributed by atoms with Crippen LogP contribution in [0.4, 0.5) is 5.69 Å².